The predicted octanol–water partition coefficient (Wildman–Crippen LogP) is 3.82. The van der Waals surface area contributed by atoms with Gasteiger partial charge >= 0.3 is 0 Å². The van der Waals surface area contributed by atoms with Crippen LogP contribution in [0.25, 0.3) is 0 Å². The highest BCUT2D eigenvalue weighted by atomic mass is 79.9. The molecule has 7 heteroatoms. The molecule has 0 aromatic heterocycles. The van der Waals surface area contributed by atoms with Gasteiger partial charge in [-0.05, 0) is 23.8 Å². The fraction of sp³-hybridized carbons (Fsp3) is 0.235. The van der Waals surface area contributed by atoms with Gasteiger partial charge in [-0.15, -0.1) is 0 Å². The van der Waals surface area contributed by atoms with E-state index in [-0.39, 0.29) is 18.0 Å². The molecule has 126 valence electrons. The zero-order chi connectivity index (χ0) is 17.5. The van der Waals surface area contributed by atoms with Crippen LogP contribution in [0, 0.1) is 10.1 Å². The lowest BCUT2D eigenvalue weighted by Crippen LogP contribution is -2.27. The van der Waals surface area contributed by atoms with E-state index < -0.39 is 4.92 Å². The first kappa shape index (κ1) is 17.9. The van der Waals surface area contributed by atoms with Crippen LogP contribution in [0.3, 0.4) is 0 Å². The predicted molar refractivity (Wildman–Crippen MR) is 96.8 cm³/mol. The number of amides is 1. The van der Waals surface area contributed by atoms with Gasteiger partial charge in [0.1, 0.15) is 5.69 Å². The monoisotopic (exact) mass is 391 g/mol. The zero-order valence-electron chi connectivity index (χ0n) is 13.2. The molecule has 0 spiro atoms. The molecule has 0 fully saturated rings. The molecule has 0 unspecified atom stereocenters. The van der Waals surface area contributed by atoms with Crippen molar-refractivity contribution in [1.82, 2.24) is 4.90 Å². The number of rotatable bonds is 7. The summed E-state index contributed by atoms with van der Waals surface area (Å²) in [6, 6.07) is 14.2. The average molecular weight is 392 g/mol. The molecule has 2 aromatic rings. The van der Waals surface area contributed by atoms with Crippen LogP contribution in [0.4, 0.5) is 11.4 Å². The summed E-state index contributed by atoms with van der Waals surface area (Å²) in [5.41, 5.74) is 1.47. The molecule has 0 aliphatic rings. The zero-order valence-corrected chi connectivity index (χ0v) is 14.8. The quantitative estimate of drug-likeness (QED) is 0.574. The first-order valence-corrected chi connectivity index (χ1v) is 8.22. The summed E-state index contributed by atoms with van der Waals surface area (Å²) in [6.45, 7) is 0.867. The number of halogens is 1. The highest BCUT2D eigenvalue weighted by molar-refractivity contribution is 9.10. The number of anilines is 1. The SMILES string of the molecule is CN(Cc1ccc(Br)cc1)C(=O)CCNc1ccccc1[N+](=O)[O-]. The summed E-state index contributed by atoms with van der Waals surface area (Å²) in [5, 5.41) is 13.9. The molecular formula is C17H18BrN3O3. The van der Waals surface area contributed by atoms with Crippen LogP contribution in [0.1, 0.15) is 12.0 Å². The van der Waals surface area contributed by atoms with Crippen molar-refractivity contribution < 1.29 is 9.72 Å². The molecule has 0 heterocycles. The van der Waals surface area contributed by atoms with E-state index in [0.717, 1.165) is 10.0 Å². The highest BCUT2D eigenvalue weighted by Crippen LogP contribution is 2.23. The van der Waals surface area contributed by atoms with E-state index in [2.05, 4.69) is 21.2 Å². The number of nitrogens with one attached hydrogen (secondary N) is 1. The van der Waals surface area contributed by atoms with Crippen LogP contribution in [0.15, 0.2) is 53.0 Å². The molecule has 0 saturated carbocycles. The molecule has 0 atom stereocenters. The van der Waals surface area contributed by atoms with Gasteiger partial charge in [-0.3, -0.25) is 14.9 Å². The molecule has 6 nitrogen and oxygen atoms in total. The molecule has 0 radical (unpaired) electrons. The number of carbonyl (C=O) groups excluding carboxylic acids is 1. The molecule has 2 rings (SSSR count). The average Bonchev–Trinajstić information content (AvgIpc) is 2.57. The highest BCUT2D eigenvalue weighted by Gasteiger charge is 2.13. The van der Waals surface area contributed by atoms with Gasteiger partial charge < -0.3 is 10.2 Å². The van der Waals surface area contributed by atoms with Crippen molar-refractivity contribution in [3.63, 3.8) is 0 Å². The van der Waals surface area contributed by atoms with Crippen molar-refractivity contribution in [2.75, 3.05) is 18.9 Å². The minimum Gasteiger partial charge on any atom is -0.379 e. The Morgan fingerprint density at radius 3 is 2.54 bits per heavy atom. The van der Waals surface area contributed by atoms with Gasteiger partial charge in [0.2, 0.25) is 5.91 Å². The minimum atomic E-state index is -0.441. The maximum atomic E-state index is 12.2. The Kier molecular flexibility index (Phi) is 6.31. The number of nitrogens with zero attached hydrogens (tertiary/aromatic N) is 2. The van der Waals surface area contributed by atoms with Crippen LogP contribution >= 0.6 is 15.9 Å². The number of nitro groups is 1. The van der Waals surface area contributed by atoms with Gasteiger partial charge in [-0.1, -0.05) is 40.2 Å². The van der Waals surface area contributed by atoms with Gasteiger partial charge in [-0.25, -0.2) is 0 Å². The minimum absolute atomic E-state index is 0.00756. The van der Waals surface area contributed by atoms with E-state index in [1.165, 1.54) is 6.07 Å². The molecule has 24 heavy (non-hydrogen) atoms. The molecular weight excluding hydrogens is 374 g/mol. The Balaban J connectivity index is 1.84. The molecule has 1 N–H and O–H groups in total. The van der Waals surface area contributed by atoms with Crippen LogP contribution in [-0.2, 0) is 11.3 Å². The maximum absolute atomic E-state index is 12.2. The lowest BCUT2D eigenvalue weighted by Gasteiger charge is -2.17. The Bertz CT molecular complexity index is 719. The number of para-hydroxylation sites is 2. The lowest BCUT2D eigenvalue weighted by atomic mass is 10.2. The molecule has 1 amide bonds. The van der Waals surface area contributed by atoms with Gasteiger partial charge in [0.25, 0.3) is 5.69 Å². The van der Waals surface area contributed by atoms with E-state index in [1.54, 1.807) is 30.1 Å². The van der Waals surface area contributed by atoms with Crippen molar-refractivity contribution in [3.05, 3.63) is 68.7 Å². The van der Waals surface area contributed by atoms with Crippen LogP contribution < -0.4 is 5.32 Å². The lowest BCUT2D eigenvalue weighted by molar-refractivity contribution is -0.384. The molecule has 0 saturated heterocycles. The van der Waals surface area contributed by atoms with Crippen LogP contribution in [0.2, 0.25) is 0 Å². The largest absolute Gasteiger partial charge is 0.379 e. The Morgan fingerprint density at radius 2 is 1.88 bits per heavy atom. The van der Waals surface area contributed by atoms with Crippen molar-refractivity contribution in [2.24, 2.45) is 0 Å². The smallest absolute Gasteiger partial charge is 0.292 e. The topological polar surface area (TPSA) is 75.5 Å². The van der Waals surface area contributed by atoms with E-state index >= 15 is 0 Å². The summed E-state index contributed by atoms with van der Waals surface area (Å²) in [6.07, 6.45) is 0.263. The van der Waals surface area contributed by atoms with Crippen molar-refractivity contribution >= 4 is 33.2 Å². The second-order valence-electron chi connectivity index (χ2n) is 5.33. The van der Waals surface area contributed by atoms with Gasteiger partial charge in [0.05, 0.1) is 4.92 Å². The van der Waals surface area contributed by atoms with Crippen LogP contribution in [0.5, 0.6) is 0 Å². The molecule has 2 aromatic carbocycles. The Hall–Kier alpha value is -2.41. The first-order chi connectivity index (χ1) is 11.5. The normalized spacial score (nSPS) is 10.2. The van der Waals surface area contributed by atoms with E-state index in [1.807, 2.05) is 24.3 Å². The summed E-state index contributed by atoms with van der Waals surface area (Å²) in [5.74, 6) is -0.0241. The third-order valence-corrected chi connectivity index (χ3v) is 4.04. The molecule has 0 aliphatic carbocycles. The van der Waals surface area contributed by atoms with Crippen molar-refractivity contribution in [1.29, 1.82) is 0 Å². The number of nitro benzene ring substituents is 1. The van der Waals surface area contributed by atoms with Crippen molar-refractivity contribution in [3.8, 4) is 0 Å². The van der Waals surface area contributed by atoms with Gasteiger partial charge in [0.15, 0.2) is 0 Å². The fourth-order valence-electron chi connectivity index (χ4n) is 2.23. The second-order valence-corrected chi connectivity index (χ2v) is 6.24. The molecule has 0 bridgehead atoms. The van der Waals surface area contributed by atoms with Gasteiger partial charge in [0, 0.05) is 37.1 Å². The van der Waals surface area contributed by atoms with E-state index in [9.17, 15) is 14.9 Å². The number of hydrogen-bond donors (Lipinski definition) is 1. The number of hydrogen-bond acceptors (Lipinski definition) is 4. The molecule has 0 aliphatic heterocycles. The summed E-state index contributed by atoms with van der Waals surface area (Å²) in [4.78, 5) is 24.3. The van der Waals surface area contributed by atoms with E-state index in [4.69, 9.17) is 0 Å². The summed E-state index contributed by atoms with van der Waals surface area (Å²) >= 11 is 3.38. The third kappa shape index (κ3) is 5.06. The van der Waals surface area contributed by atoms with Crippen LogP contribution in [-0.4, -0.2) is 29.3 Å². The number of carbonyl (C=O) groups is 1. The fourth-order valence-corrected chi connectivity index (χ4v) is 2.49. The number of benzene rings is 2. The van der Waals surface area contributed by atoms with Crippen molar-refractivity contribution in [2.45, 2.75) is 13.0 Å². The summed E-state index contributed by atoms with van der Waals surface area (Å²) < 4.78 is 0.994. The van der Waals surface area contributed by atoms with E-state index in [0.29, 0.717) is 18.8 Å². The summed E-state index contributed by atoms with van der Waals surface area (Å²) in [7, 11) is 1.75. The second kappa shape index (κ2) is 8.44. The third-order valence-electron chi connectivity index (χ3n) is 3.51. The maximum Gasteiger partial charge on any atom is 0.292 e. The first-order valence-electron chi connectivity index (χ1n) is 7.43. The van der Waals surface area contributed by atoms with Gasteiger partial charge in [-0.2, -0.15) is 0 Å². The Morgan fingerprint density at radius 1 is 1.21 bits per heavy atom. The Labute approximate surface area is 148 Å². The standard InChI is InChI=1S/C17H18BrN3O3/c1-20(12-13-6-8-14(18)9-7-13)17(22)10-11-19-15-4-2-3-5-16(15)21(23)24/h2-9,19H,10-12H2,1H3.